The van der Waals surface area contributed by atoms with Crippen LogP contribution in [0.5, 0.6) is 0 Å². The van der Waals surface area contributed by atoms with Crippen LogP contribution in [0.1, 0.15) is 117 Å². The van der Waals surface area contributed by atoms with E-state index in [9.17, 15) is 19.5 Å². The van der Waals surface area contributed by atoms with E-state index in [1.54, 1.807) is 0 Å². The first kappa shape index (κ1) is 35.3. The zero-order chi connectivity index (χ0) is 27.7. The number of hydrogen-bond donors (Lipinski definition) is 1. The maximum absolute atomic E-state index is 12.7. The molecule has 0 radical (unpaired) electrons. The summed E-state index contributed by atoms with van der Waals surface area (Å²) in [5.74, 6) is -1.53. The average molecular weight is 530 g/mol. The molecule has 8 nitrogen and oxygen atoms in total. The van der Waals surface area contributed by atoms with Crippen molar-refractivity contribution in [1.29, 1.82) is 0 Å². The van der Waals surface area contributed by atoms with Gasteiger partial charge in [-0.2, -0.15) is 0 Å². The van der Waals surface area contributed by atoms with E-state index in [1.165, 1.54) is 51.4 Å². The van der Waals surface area contributed by atoms with Crippen LogP contribution >= 0.6 is 0 Å². The molecule has 0 aliphatic carbocycles. The molecule has 1 N–H and O–H groups in total. The molecular weight excluding hydrogens is 474 g/mol. The summed E-state index contributed by atoms with van der Waals surface area (Å²) in [5.41, 5.74) is 0. The second-order valence-corrected chi connectivity index (χ2v) is 10.2. The summed E-state index contributed by atoms with van der Waals surface area (Å²) in [5, 5.41) is 9.81. The van der Waals surface area contributed by atoms with Gasteiger partial charge in [0.15, 0.2) is 6.10 Å². The molecule has 0 bridgehead atoms. The smallest absolute Gasteiger partial charge is 0.335 e. The fourth-order valence-electron chi connectivity index (χ4n) is 3.95. The molecule has 0 aliphatic rings. The van der Waals surface area contributed by atoms with Crippen LogP contribution in [-0.4, -0.2) is 74.5 Å². The van der Waals surface area contributed by atoms with Crippen molar-refractivity contribution in [2.45, 2.75) is 123 Å². The highest BCUT2D eigenvalue weighted by Crippen LogP contribution is 2.20. The molecule has 0 saturated heterocycles. The number of carbonyl (C=O) groups is 3. The number of ether oxygens (including phenoxy) is 3. The zero-order valence-electron chi connectivity index (χ0n) is 24.1. The molecule has 0 saturated carbocycles. The molecule has 2 atom stereocenters. The number of aliphatic hydroxyl groups is 1. The van der Waals surface area contributed by atoms with Gasteiger partial charge in [0.1, 0.15) is 6.61 Å². The first-order chi connectivity index (χ1) is 17.8. The largest absolute Gasteiger partial charge is 0.465 e. The van der Waals surface area contributed by atoms with Crippen LogP contribution in [0, 0.1) is 5.92 Å². The van der Waals surface area contributed by atoms with Crippen LogP contribution in [0.4, 0.5) is 0 Å². The molecular formula is C29H55NO7. The fourth-order valence-corrected chi connectivity index (χ4v) is 3.95. The topological polar surface area (TPSA) is 102 Å². The summed E-state index contributed by atoms with van der Waals surface area (Å²) in [6, 6.07) is 0. The number of nitrogens with zero attached hydrogens (tertiary/aromatic N) is 1. The molecule has 37 heavy (non-hydrogen) atoms. The number of aliphatic hydroxyl groups excluding tert-OH is 1. The van der Waals surface area contributed by atoms with E-state index in [0.29, 0.717) is 26.0 Å². The highest BCUT2D eigenvalue weighted by atomic mass is 16.6. The monoisotopic (exact) mass is 529 g/mol. The van der Waals surface area contributed by atoms with Gasteiger partial charge < -0.3 is 24.2 Å². The number of unbranched alkanes of at least 4 members (excludes halogenated alkanes) is 10. The minimum atomic E-state index is -1.52. The van der Waals surface area contributed by atoms with Crippen molar-refractivity contribution >= 4 is 17.9 Å². The lowest BCUT2D eigenvalue weighted by Crippen LogP contribution is -2.28. The Kier molecular flexibility index (Phi) is 23.5. The molecule has 0 spiro atoms. The first-order valence-corrected chi connectivity index (χ1v) is 14.6. The van der Waals surface area contributed by atoms with Crippen LogP contribution in [0.15, 0.2) is 0 Å². The maximum atomic E-state index is 12.7. The molecule has 0 heterocycles. The first-order valence-electron chi connectivity index (χ1n) is 14.6. The standard InChI is InChI=1S/C29H55NO7/c1-5-7-9-11-12-15-19-25(18-14-10-8-6-2)28(33)36-21-16-13-17-22-37-29(34)26(31)24-27(32)35-23-20-30(3)4/h25-26,31H,5-24H2,1-4H3/t25?,26-/m0/s1. The predicted octanol–water partition coefficient (Wildman–Crippen LogP) is 5.44. The Bertz CT molecular complexity index is 583. The number of rotatable bonds is 25. The van der Waals surface area contributed by atoms with Crippen LogP contribution in [0.3, 0.4) is 0 Å². The molecule has 0 aromatic carbocycles. The summed E-state index contributed by atoms with van der Waals surface area (Å²) in [4.78, 5) is 38.0. The van der Waals surface area contributed by atoms with Gasteiger partial charge in [0.25, 0.3) is 0 Å². The van der Waals surface area contributed by atoms with E-state index in [4.69, 9.17) is 14.2 Å². The molecule has 0 aromatic rings. The van der Waals surface area contributed by atoms with Gasteiger partial charge in [-0.3, -0.25) is 9.59 Å². The maximum Gasteiger partial charge on any atom is 0.335 e. The second-order valence-electron chi connectivity index (χ2n) is 10.2. The van der Waals surface area contributed by atoms with E-state index >= 15 is 0 Å². The number of esters is 3. The third kappa shape index (κ3) is 22.1. The molecule has 0 fully saturated rings. The predicted molar refractivity (Wildman–Crippen MR) is 146 cm³/mol. The second kappa shape index (κ2) is 24.7. The molecule has 1 unspecified atom stereocenters. The quantitative estimate of drug-likeness (QED) is 0.0948. The molecule has 0 rings (SSSR count). The number of hydrogen-bond acceptors (Lipinski definition) is 8. The highest BCUT2D eigenvalue weighted by molar-refractivity contribution is 5.81. The summed E-state index contributed by atoms with van der Waals surface area (Å²) in [7, 11) is 3.71. The third-order valence-electron chi connectivity index (χ3n) is 6.36. The average Bonchev–Trinajstić information content (AvgIpc) is 2.86. The van der Waals surface area contributed by atoms with E-state index < -0.39 is 24.5 Å². The Labute approximate surface area is 225 Å². The van der Waals surface area contributed by atoms with Crippen molar-refractivity contribution in [3.63, 3.8) is 0 Å². The van der Waals surface area contributed by atoms with Crippen molar-refractivity contribution in [2.75, 3.05) is 40.5 Å². The van der Waals surface area contributed by atoms with Gasteiger partial charge in [-0.15, -0.1) is 0 Å². The Balaban J connectivity index is 4.05. The Morgan fingerprint density at radius 1 is 0.649 bits per heavy atom. The van der Waals surface area contributed by atoms with Crippen molar-refractivity contribution in [1.82, 2.24) is 4.90 Å². The van der Waals surface area contributed by atoms with Crippen LogP contribution in [0.2, 0.25) is 0 Å². The minimum Gasteiger partial charge on any atom is -0.465 e. The fraction of sp³-hybridized carbons (Fsp3) is 0.897. The van der Waals surface area contributed by atoms with Gasteiger partial charge in [-0.1, -0.05) is 78.1 Å². The lowest BCUT2D eigenvalue weighted by atomic mass is 9.94. The van der Waals surface area contributed by atoms with Gasteiger partial charge in [-0.25, -0.2) is 4.79 Å². The van der Waals surface area contributed by atoms with Crippen LogP contribution in [0.25, 0.3) is 0 Å². The van der Waals surface area contributed by atoms with E-state index in [-0.39, 0.29) is 25.1 Å². The van der Waals surface area contributed by atoms with E-state index in [0.717, 1.165) is 32.1 Å². The van der Waals surface area contributed by atoms with Crippen molar-refractivity contribution in [3.8, 4) is 0 Å². The summed E-state index contributed by atoms with van der Waals surface area (Å²) < 4.78 is 15.6. The van der Waals surface area contributed by atoms with Gasteiger partial charge in [0, 0.05) is 6.54 Å². The van der Waals surface area contributed by atoms with Gasteiger partial charge in [0.2, 0.25) is 0 Å². The van der Waals surface area contributed by atoms with Crippen molar-refractivity contribution < 1.29 is 33.7 Å². The zero-order valence-corrected chi connectivity index (χ0v) is 24.1. The summed E-state index contributed by atoms with van der Waals surface area (Å²) in [6.07, 6.45) is 13.9. The SMILES string of the molecule is CCCCCCCCC(CCCCCC)C(=O)OCCCCCOC(=O)[C@@H](O)CC(=O)OCCN(C)C. The van der Waals surface area contributed by atoms with Crippen LogP contribution in [-0.2, 0) is 28.6 Å². The van der Waals surface area contributed by atoms with Crippen molar-refractivity contribution in [3.05, 3.63) is 0 Å². The number of likely N-dealkylation sites (N-methyl/N-ethyl adjacent to an activating group) is 1. The Hall–Kier alpha value is -1.67. The Morgan fingerprint density at radius 2 is 1.14 bits per heavy atom. The normalized spacial score (nSPS) is 12.8. The van der Waals surface area contributed by atoms with Gasteiger partial charge in [-0.05, 0) is 46.2 Å². The van der Waals surface area contributed by atoms with Gasteiger partial charge >= 0.3 is 17.9 Å². The van der Waals surface area contributed by atoms with Crippen molar-refractivity contribution in [2.24, 2.45) is 5.92 Å². The molecule has 0 aromatic heterocycles. The number of carbonyl (C=O) groups excluding carboxylic acids is 3. The minimum absolute atomic E-state index is 0.0000422. The Morgan fingerprint density at radius 3 is 1.70 bits per heavy atom. The van der Waals surface area contributed by atoms with Crippen LogP contribution < -0.4 is 0 Å². The summed E-state index contributed by atoms with van der Waals surface area (Å²) in [6.45, 7) is 5.70. The molecule has 218 valence electrons. The lowest BCUT2D eigenvalue weighted by Gasteiger charge is -2.16. The molecule has 8 heteroatoms. The van der Waals surface area contributed by atoms with Gasteiger partial charge in [0.05, 0.1) is 25.6 Å². The highest BCUT2D eigenvalue weighted by Gasteiger charge is 2.22. The molecule has 0 aliphatic heterocycles. The lowest BCUT2D eigenvalue weighted by molar-refractivity contribution is -0.160. The summed E-state index contributed by atoms with van der Waals surface area (Å²) >= 11 is 0. The van der Waals surface area contributed by atoms with E-state index in [2.05, 4.69) is 13.8 Å². The third-order valence-corrected chi connectivity index (χ3v) is 6.36. The van der Waals surface area contributed by atoms with E-state index in [1.807, 2.05) is 19.0 Å². The molecule has 0 amide bonds.